The highest BCUT2D eigenvalue weighted by atomic mass is 32.2. The van der Waals surface area contributed by atoms with Crippen molar-refractivity contribution >= 4 is 41.3 Å². The van der Waals surface area contributed by atoms with Crippen LogP contribution in [-0.4, -0.2) is 120 Å². The average molecular weight is 928 g/mol. The van der Waals surface area contributed by atoms with E-state index in [9.17, 15) is 39.6 Å². The van der Waals surface area contributed by atoms with Gasteiger partial charge in [-0.05, 0) is 19.3 Å². The van der Waals surface area contributed by atoms with Gasteiger partial charge in [0, 0.05) is 30.8 Å². The van der Waals surface area contributed by atoms with Gasteiger partial charge in [0.2, 0.25) is 11.8 Å². The first-order valence-corrected chi connectivity index (χ1v) is 25.9. The molecule has 0 bridgehead atoms. The van der Waals surface area contributed by atoms with Crippen molar-refractivity contribution in [3.05, 3.63) is 6.20 Å². The minimum Gasteiger partial charge on any atom is -0.462 e. The number of aliphatic hydroxyl groups excluding tert-OH is 4. The summed E-state index contributed by atoms with van der Waals surface area (Å²) in [5.74, 6) is -1.34. The van der Waals surface area contributed by atoms with Crippen LogP contribution in [-0.2, 0) is 33.4 Å². The van der Waals surface area contributed by atoms with Crippen LogP contribution in [0.1, 0.15) is 200 Å². The molecule has 17 heteroatoms. The first kappa shape index (κ1) is 57.3. The normalized spacial score (nSPS) is 19.5. The maximum Gasteiger partial charge on any atom is 0.306 e. The number of unbranched alkanes of at least 4 members (excludes halogenated alkanes) is 21. The lowest BCUT2D eigenvalue weighted by Gasteiger charge is -2.39. The van der Waals surface area contributed by atoms with E-state index in [1.54, 1.807) is 0 Å². The molecule has 0 saturated carbocycles. The Hall–Kier alpha value is -2.83. The second kappa shape index (κ2) is 36.3. The number of amides is 2. The summed E-state index contributed by atoms with van der Waals surface area (Å²) in [6.45, 7) is 5.83. The maximum absolute atomic E-state index is 13.8. The molecular formula is C47H85N5O11S. The van der Waals surface area contributed by atoms with Crippen molar-refractivity contribution in [2.75, 3.05) is 30.0 Å². The minimum absolute atomic E-state index is 0.0366. The Bertz CT molecular complexity index is 1390. The van der Waals surface area contributed by atoms with Crippen LogP contribution in [0, 0.1) is 0 Å². The quantitative estimate of drug-likeness (QED) is 0.0278. The molecule has 4 unspecified atom stereocenters. The van der Waals surface area contributed by atoms with Gasteiger partial charge in [-0.25, -0.2) is 4.68 Å². The van der Waals surface area contributed by atoms with Crippen LogP contribution in [0.5, 0.6) is 0 Å². The molecule has 1 saturated heterocycles. The number of nitrogens with zero attached hydrogens (tertiary/aromatic N) is 3. The van der Waals surface area contributed by atoms with Crippen LogP contribution in [0.4, 0.5) is 5.82 Å². The summed E-state index contributed by atoms with van der Waals surface area (Å²) in [6, 6.07) is -1.04. The SMILES string of the molecule is CCCCCCCCCCC(=O)N[C@H](CSC[C@@H](COC(=O)CCCCCCCCCC)OC(=O)CCCCCCCCCC)C(=O)Nc1cn([C@@H]2OC(CO)C(O)C(O)C2O)nn1. The largest absolute Gasteiger partial charge is 0.462 e. The molecule has 64 heavy (non-hydrogen) atoms. The zero-order valence-corrected chi connectivity index (χ0v) is 40.3. The maximum atomic E-state index is 13.8. The highest BCUT2D eigenvalue weighted by Crippen LogP contribution is 2.28. The number of aromatic nitrogens is 3. The molecule has 1 aliphatic heterocycles. The highest BCUT2D eigenvalue weighted by Gasteiger charge is 2.44. The van der Waals surface area contributed by atoms with Crippen molar-refractivity contribution in [3.63, 3.8) is 0 Å². The van der Waals surface area contributed by atoms with Gasteiger partial charge < -0.3 is 45.3 Å². The second-order valence-corrected chi connectivity index (χ2v) is 18.5. The van der Waals surface area contributed by atoms with Crippen LogP contribution in [0.25, 0.3) is 0 Å². The number of hydrogen-bond donors (Lipinski definition) is 6. The first-order chi connectivity index (χ1) is 31.0. The highest BCUT2D eigenvalue weighted by molar-refractivity contribution is 7.99. The zero-order valence-electron chi connectivity index (χ0n) is 39.4. The van der Waals surface area contributed by atoms with E-state index in [-0.39, 0.29) is 61.0 Å². The van der Waals surface area contributed by atoms with Gasteiger partial charge in [0.1, 0.15) is 43.2 Å². The lowest BCUT2D eigenvalue weighted by atomic mass is 9.98. The van der Waals surface area contributed by atoms with Crippen molar-refractivity contribution < 1.29 is 53.8 Å². The van der Waals surface area contributed by atoms with Gasteiger partial charge in [0.05, 0.1) is 12.8 Å². The van der Waals surface area contributed by atoms with E-state index in [0.29, 0.717) is 12.8 Å². The second-order valence-electron chi connectivity index (χ2n) is 17.4. The topological polar surface area (TPSA) is 232 Å². The summed E-state index contributed by atoms with van der Waals surface area (Å²) in [6.07, 6.45) is 20.0. The van der Waals surface area contributed by atoms with Crippen molar-refractivity contribution in [2.24, 2.45) is 0 Å². The van der Waals surface area contributed by atoms with Crippen LogP contribution in [0.15, 0.2) is 6.20 Å². The Morgan fingerprint density at radius 1 is 0.688 bits per heavy atom. The molecule has 7 atom stereocenters. The minimum atomic E-state index is -1.64. The summed E-state index contributed by atoms with van der Waals surface area (Å²) in [4.78, 5) is 52.7. The monoisotopic (exact) mass is 928 g/mol. The number of thioether (sulfide) groups is 1. The van der Waals surface area contributed by atoms with Crippen LogP contribution < -0.4 is 10.6 Å². The van der Waals surface area contributed by atoms with E-state index in [1.807, 2.05) is 0 Å². The van der Waals surface area contributed by atoms with Gasteiger partial charge in [0.25, 0.3) is 0 Å². The molecule has 6 N–H and O–H groups in total. The van der Waals surface area contributed by atoms with E-state index in [4.69, 9.17) is 14.2 Å². The molecule has 0 aromatic carbocycles. The smallest absolute Gasteiger partial charge is 0.306 e. The van der Waals surface area contributed by atoms with E-state index in [2.05, 4.69) is 41.7 Å². The first-order valence-electron chi connectivity index (χ1n) is 24.8. The van der Waals surface area contributed by atoms with Gasteiger partial charge in [0.15, 0.2) is 12.0 Å². The third-order valence-corrected chi connectivity index (χ3v) is 12.8. The molecule has 1 aromatic rings. The summed E-state index contributed by atoms with van der Waals surface area (Å²) >= 11 is 1.28. The van der Waals surface area contributed by atoms with Crippen molar-refractivity contribution in [3.8, 4) is 0 Å². The van der Waals surface area contributed by atoms with Gasteiger partial charge in [-0.3, -0.25) is 19.2 Å². The molecule has 2 rings (SSSR count). The Kier molecular flexibility index (Phi) is 32.5. The lowest BCUT2D eigenvalue weighted by molar-refractivity contribution is -0.254. The predicted octanol–water partition coefficient (Wildman–Crippen LogP) is 7.45. The number of carbonyl (C=O) groups excluding carboxylic acids is 4. The van der Waals surface area contributed by atoms with Crippen LogP contribution in [0.2, 0.25) is 0 Å². The third-order valence-electron chi connectivity index (χ3n) is 11.6. The fourth-order valence-electron chi connectivity index (χ4n) is 7.58. The molecule has 0 radical (unpaired) electrons. The molecule has 16 nitrogen and oxygen atoms in total. The van der Waals surface area contributed by atoms with Gasteiger partial charge >= 0.3 is 11.9 Å². The van der Waals surface area contributed by atoms with Crippen LogP contribution >= 0.6 is 11.8 Å². The molecule has 1 aliphatic rings. The number of esters is 2. The zero-order chi connectivity index (χ0) is 46.8. The van der Waals surface area contributed by atoms with Crippen molar-refractivity contribution in [1.82, 2.24) is 20.3 Å². The van der Waals surface area contributed by atoms with Crippen molar-refractivity contribution in [2.45, 2.75) is 237 Å². The number of carbonyl (C=O) groups is 4. The Labute approximate surface area is 387 Å². The van der Waals surface area contributed by atoms with Crippen LogP contribution in [0.3, 0.4) is 0 Å². The number of rotatable bonds is 39. The number of nitrogens with one attached hydrogen (secondary N) is 2. The molecule has 2 heterocycles. The third kappa shape index (κ3) is 25.2. The number of ether oxygens (including phenoxy) is 3. The molecule has 0 aliphatic carbocycles. The summed E-state index contributed by atoms with van der Waals surface area (Å²) < 4.78 is 18.1. The van der Waals surface area contributed by atoms with Gasteiger partial charge in [-0.1, -0.05) is 161 Å². The van der Waals surface area contributed by atoms with E-state index in [1.165, 1.54) is 95.0 Å². The Morgan fingerprint density at radius 3 is 1.72 bits per heavy atom. The Balaban J connectivity index is 2.07. The van der Waals surface area contributed by atoms with E-state index in [0.717, 1.165) is 68.9 Å². The lowest BCUT2D eigenvalue weighted by Crippen LogP contribution is -2.56. The van der Waals surface area contributed by atoms with E-state index < -0.39 is 55.3 Å². The number of anilines is 1. The van der Waals surface area contributed by atoms with Gasteiger partial charge in [-0.2, -0.15) is 11.8 Å². The summed E-state index contributed by atoms with van der Waals surface area (Å²) in [7, 11) is 0. The standard InChI is InChI=1S/C47H85N5O11S/c1-4-7-10-13-16-19-22-25-28-40(54)48-37(46(60)49-39-31-52(51-50-39)47-45(59)44(58)43(57)38(32-53)63-47)35-64-34-36(62-42(56)30-27-24-21-18-15-12-9-6-3)33-61-41(55)29-26-23-20-17-14-11-8-5-2/h31,36-38,43-45,47,53,57-59H,4-30,32-35H2,1-3H3,(H,48,54)(H,49,60)/t36-,37-,38?,43?,44?,45?,47-/m1/s1. The molecule has 1 fully saturated rings. The molecule has 0 spiro atoms. The fraction of sp³-hybridized carbons (Fsp3) is 0.872. The Morgan fingerprint density at radius 2 is 1.19 bits per heavy atom. The average Bonchev–Trinajstić information content (AvgIpc) is 3.74. The van der Waals surface area contributed by atoms with Gasteiger partial charge in [-0.15, -0.1) is 5.10 Å². The summed E-state index contributed by atoms with van der Waals surface area (Å²) in [5, 5.41) is 54.0. The predicted molar refractivity (Wildman–Crippen MR) is 249 cm³/mol. The number of aliphatic hydroxyl groups is 4. The number of hydrogen-bond acceptors (Lipinski definition) is 14. The molecule has 370 valence electrons. The van der Waals surface area contributed by atoms with Crippen molar-refractivity contribution in [1.29, 1.82) is 0 Å². The fourth-order valence-corrected chi connectivity index (χ4v) is 8.62. The molecular weight excluding hydrogens is 843 g/mol. The van der Waals surface area contributed by atoms with E-state index >= 15 is 0 Å². The summed E-state index contributed by atoms with van der Waals surface area (Å²) in [5.41, 5.74) is 0. The molecule has 2 amide bonds. The molecule has 1 aromatic heterocycles.